The Balaban J connectivity index is 2.08. The van der Waals surface area contributed by atoms with Crippen molar-refractivity contribution in [2.75, 3.05) is 6.26 Å². The summed E-state index contributed by atoms with van der Waals surface area (Å²) < 4.78 is 33.9. The number of H-pyrrole nitrogens is 1. The summed E-state index contributed by atoms with van der Waals surface area (Å²) in [6, 6.07) is 7.14. The minimum atomic E-state index is -0.550. The Morgan fingerprint density at radius 3 is 2.75 bits per heavy atom. The molecule has 0 atom stereocenters. The van der Waals surface area contributed by atoms with E-state index in [0.717, 1.165) is 17.1 Å². The minimum absolute atomic E-state index is 0.0188. The fourth-order valence-corrected chi connectivity index (χ4v) is 2.83. The summed E-state index contributed by atoms with van der Waals surface area (Å²) in [7, 11) is 0. The highest BCUT2D eigenvalue weighted by Crippen LogP contribution is 2.35. The van der Waals surface area contributed by atoms with Crippen LogP contribution in [-0.4, -0.2) is 16.3 Å². The molecule has 0 radical (unpaired) electrons. The van der Waals surface area contributed by atoms with Gasteiger partial charge in [0.25, 0.3) is 0 Å². The van der Waals surface area contributed by atoms with Crippen molar-refractivity contribution in [3.05, 3.63) is 65.9 Å². The Morgan fingerprint density at radius 1 is 1.25 bits per heavy atom. The van der Waals surface area contributed by atoms with E-state index >= 15 is 0 Å². The van der Waals surface area contributed by atoms with Gasteiger partial charge in [0.05, 0.1) is 5.04 Å². The van der Waals surface area contributed by atoms with Gasteiger partial charge in [0.1, 0.15) is 11.6 Å². The maximum absolute atomic E-state index is 14.4. The number of aromatic amines is 1. The Bertz CT molecular complexity index is 950. The zero-order valence-electron chi connectivity index (χ0n) is 12.8. The molecule has 0 aliphatic carbocycles. The van der Waals surface area contributed by atoms with E-state index in [-0.39, 0.29) is 22.1 Å². The molecule has 3 aromatic rings. The topological polar surface area (TPSA) is 48.9 Å². The van der Waals surface area contributed by atoms with Crippen LogP contribution in [0.1, 0.15) is 11.1 Å². The van der Waals surface area contributed by atoms with Gasteiger partial charge in [0.2, 0.25) is 0 Å². The van der Waals surface area contributed by atoms with Gasteiger partial charge >= 0.3 is 0 Å². The quantitative estimate of drug-likeness (QED) is 0.480. The molecule has 0 amide bonds. The second kappa shape index (κ2) is 6.49. The molecule has 0 saturated carbocycles. The van der Waals surface area contributed by atoms with Crippen LogP contribution >= 0.6 is 11.8 Å². The molecule has 24 heavy (non-hydrogen) atoms. The molecule has 122 valence electrons. The van der Waals surface area contributed by atoms with Crippen molar-refractivity contribution < 1.29 is 13.5 Å². The van der Waals surface area contributed by atoms with E-state index in [1.165, 1.54) is 30.3 Å². The molecule has 0 aliphatic rings. The Kier molecular flexibility index (Phi) is 4.40. The summed E-state index contributed by atoms with van der Waals surface area (Å²) in [4.78, 5) is 2.94. The van der Waals surface area contributed by atoms with Gasteiger partial charge in [-0.25, -0.2) is 8.78 Å². The van der Waals surface area contributed by atoms with E-state index in [1.807, 2.05) is 0 Å². The second-order valence-electron chi connectivity index (χ2n) is 5.02. The van der Waals surface area contributed by atoms with E-state index in [9.17, 15) is 8.78 Å². The number of rotatable bonds is 4. The zero-order valence-corrected chi connectivity index (χ0v) is 13.6. The molecule has 0 unspecified atom stereocenters. The highest BCUT2D eigenvalue weighted by molar-refractivity contribution is 8.13. The maximum Gasteiger partial charge on any atom is 0.170 e. The molecule has 1 heterocycles. The summed E-state index contributed by atoms with van der Waals surface area (Å²) in [5.74, 6) is -0.801. The van der Waals surface area contributed by atoms with Crippen LogP contribution < -0.4 is 4.74 Å². The van der Waals surface area contributed by atoms with E-state index < -0.39 is 11.6 Å². The first-order valence-electron chi connectivity index (χ1n) is 7.07. The second-order valence-corrected chi connectivity index (χ2v) is 5.84. The molecule has 2 N–H and O–H groups in total. The molecule has 2 aromatic carbocycles. The highest BCUT2D eigenvalue weighted by atomic mass is 32.2. The SMILES string of the molecule is C=Cc1c(Oc2ccc(F)c(C(=N)SC)c2)c(F)cc2[nH]ccc12. The van der Waals surface area contributed by atoms with E-state index in [1.54, 1.807) is 18.5 Å². The van der Waals surface area contributed by atoms with Crippen molar-refractivity contribution in [2.24, 2.45) is 0 Å². The van der Waals surface area contributed by atoms with Crippen molar-refractivity contribution in [3.8, 4) is 11.5 Å². The first-order chi connectivity index (χ1) is 11.5. The van der Waals surface area contributed by atoms with Gasteiger partial charge in [-0.1, -0.05) is 12.7 Å². The van der Waals surface area contributed by atoms with Gasteiger partial charge in [-0.2, -0.15) is 0 Å². The Labute approximate surface area is 141 Å². The number of benzene rings is 2. The molecule has 0 bridgehead atoms. The van der Waals surface area contributed by atoms with Gasteiger partial charge in [0.15, 0.2) is 11.6 Å². The summed E-state index contributed by atoms with van der Waals surface area (Å²) >= 11 is 1.11. The van der Waals surface area contributed by atoms with Crippen molar-refractivity contribution >= 4 is 33.8 Å². The fourth-order valence-electron chi connectivity index (χ4n) is 2.46. The van der Waals surface area contributed by atoms with Crippen molar-refractivity contribution in [3.63, 3.8) is 0 Å². The number of halogens is 2. The lowest BCUT2D eigenvalue weighted by atomic mass is 10.1. The molecule has 0 spiro atoms. The van der Waals surface area contributed by atoms with E-state index in [0.29, 0.717) is 11.1 Å². The third kappa shape index (κ3) is 2.80. The van der Waals surface area contributed by atoms with E-state index in [2.05, 4.69) is 11.6 Å². The summed E-state index contributed by atoms with van der Waals surface area (Å²) in [5, 5.41) is 8.63. The zero-order chi connectivity index (χ0) is 17.3. The third-order valence-electron chi connectivity index (χ3n) is 3.61. The normalized spacial score (nSPS) is 10.8. The van der Waals surface area contributed by atoms with Crippen LogP contribution in [0.3, 0.4) is 0 Å². The van der Waals surface area contributed by atoms with Gasteiger partial charge < -0.3 is 9.72 Å². The van der Waals surface area contributed by atoms with Gasteiger partial charge in [-0.05, 0) is 30.5 Å². The number of aromatic nitrogens is 1. The van der Waals surface area contributed by atoms with Crippen LogP contribution in [0.5, 0.6) is 11.5 Å². The number of hydrogen-bond donors (Lipinski definition) is 2. The Morgan fingerprint density at radius 2 is 2.04 bits per heavy atom. The molecule has 3 nitrogen and oxygen atoms in total. The number of ether oxygens (including phenoxy) is 1. The lowest BCUT2D eigenvalue weighted by Crippen LogP contribution is -1.99. The van der Waals surface area contributed by atoms with Crippen molar-refractivity contribution in [1.29, 1.82) is 5.41 Å². The Hall–Kier alpha value is -2.60. The minimum Gasteiger partial charge on any atom is -0.454 e. The lowest BCUT2D eigenvalue weighted by Gasteiger charge is -2.12. The maximum atomic E-state index is 14.4. The number of fused-ring (bicyclic) bond motifs is 1. The molecule has 0 fully saturated rings. The summed E-state index contributed by atoms with van der Waals surface area (Å²) in [5.41, 5.74) is 1.26. The largest absolute Gasteiger partial charge is 0.454 e. The van der Waals surface area contributed by atoms with Crippen LogP contribution in [-0.2, 0) is 0 Å². The van der Waals surface area contributed by atoms with Crippen LogP contribution in [0, 0.1) is 17.0 Å². The van der Waals surface area contributed by atoms with Gasteiger partial charge in [-0.3, -0.25) is 5.41 Å². The first-order valence-corrected chi connectivity index (χ1v) is 8.30. The molecule has 0 aliphatic heterocycles. The standard InChI is InChI=1S/C18H14F2N2OS/c1-3-11-12-6-7-22-16(12)9-15(20)17(11)23-10-4-5-14(19)13(8-10)18(21)24-2/h3-9,21-22H,1H2,2H3. The fraction of sp³-hybridized carbons (Fsp3) is 0.0556. The van der Waals surface area contributed by atoms with Crippen LogP contribution in [0.25, 0.3) is 17.0 Å². The monoisotopic (exact) mass is 344 g/mol. The predicted octanol–water partition coefficient (Wildman–Crippen LogP) is 5.57. The molecule has 1 aromatic heterocycles. The van der Waals surface area contributed by atoms with Crippen LogP contribution in [0.15, 0.2) is 43.1 Å². The third-order valence-corrected chi connectivity index (χ3v) is 4.24. The molecule has 0 saturated heterocycles. The van der Waals surface area contributed by atoms with Crippen LogP contribution in [0.2, 0.25) is 0 Å². The van der Waals surface area contributed by atoms with E-state index in [4.69, 9.17) is 10.1 Å². The average Bonchev–Trinajstić information content (AvgIpc) is 3.04. The highest BCUT2D eigenvalue weighted by Gasteiger charge is 2.16. The van der Waals surface area contributed by atoms with Gasteiger partial charge in [0, 0.05) is 34.3 Å². The molecule has 6 heteroatoms. The lowest BCUT2D eigenvalue weighted by molar-refractivity contribution is 0.441. The average molecular weight is 344 g/mol. The first kappa shape index (κ1) is 16.3. The predicted molar refractivity (Wildman–Crippen MR) is 95.2 cm³/mol. The molecular formula is C18H14F2N2OS. The van der Waals surface area contributed by atoms with Crippen LogP contribution in [0.4, 0.5) is 8.78 Å². The summed E-state index contributed by atoms with van der Waals surface area (Å²) in [6.07, 6.45) is 4.91. The van der Waals surface area contributed by atoms with Crippen molar-refractivity contribution in [1.82, 2.24) is 4.98 Å². The van der Waals surface area contributed by atoms with Crippen molar-refractivity contribution in [2.45, 2.75) is 0 Å². The smallest absolute Gasteiger partial charge is 0.170 e. The number of thioether (sulfide) groups is 1. The molecule has 3 rings (SSSR count). The molecular weight excluding hydrogens is 330 g/mol. The number of nitrogens with one attached hydrogen (secondary N) is 2. The van der Waals surface area contributed by atoms with Gasteiger partial charge in [-0.15, -0.1) is 11.8 Å². The number of hydrogen-bond acceptors (Lipinski definition) is 3. The summed E-state index contributed by atoms with van der Waals surface area (Å²) in [6.45, 7) is 3.72.